The zero-order chi connectivity index (χ0) is 14.8. The van der Waals surface area contributed by atoms with Crippen molar-refractivity contribution in [3.05, 3.63) is 35.4 Å². The number of rotatable bonds is 3. The van der Waals surface area contributed by atoms with Gasteiger partial charge in [0, 0.05) is 18.9 Å². The normalized spacial score (nSPS) is 43.4. The first-order valence-electron chi connectivity index (χ1n) is 8.13. The molecule has 2 bridgehead atoms. The molecule has 3 aliphatic heterocycles. The van der Waals surface area contributed by atoms with Crippen molar-refractivity contribution >= 4 is 0 Å². The summed E-state index contributed by atoms with van der Waals surface area (Å²) in [6, 6.07) is 8.74. The summed E-state index contributed by atoms with van der Waals surface area (Å²) in [4.78, 5) is 0. The average molecular weight is 288 g/mol. The zero-order valence-corrected chi connectivity index (χ0v) is 13.3. The first kappa shape index (κ1) is 13.7. The molecule has 0 aliphatic carbocycles. The Bertz CT molecular complexity index is 569. The van der Waals surface area contributed by atoms with E-state index in [0.29, 0.717) is 12.5 Å². The molecule has 21 heavy (non-hydrogen) atoms. The maximum Gasteiger partial charge on any atom is 0.198 e. The van der Waals surface area contributed by atoms with Gasteiger partial charge in [-0.1, -0.05) is 38.1 Å². The monoisotopic (exact) mass is 288 g/mol. The van der Waals surface area contributed by atoms with Gasteiger partial charge < -0.3 is 14.2 Å². The smallest absolute Gasteiger partial charge is 0.198 e. The lowest BCUT2D eigenvalue weighted by Crippen LogP contribution is -2.41. The summed E-state index contributed by atoms with van der Waals surface area (Å²) in [6.07, 6.45) is 0.950. The fraction of sp³-hybridized carbons (Fsp3) is 0.667. The van der Waals surface area contributed by atoms with E-state index >= 15 is 0 Å². The molecule has 4 rings (SSSR count). The van der Waals surface area contributed by atoms with Crippen molar-refractivity contribution in [2.45, 2.75) is 63.6 Å². The Labute approximate surface area is 126 Å². The van der Waals surface area contributed by atoms with Crippen LogP contribution in [0.2, 0.25) is 0 Å². The van der Waals surface area contributed by atoms with Gasteiger partial charge in [0.05, 0.1) is 6.10 Å². The number of benzene rings is 1. The highest BCUT2D eigenvalue weighted by Crippen LogP contribution is 2.64. The third kappa shape index (κ3) is 1.55. The van der Waals surface area contributed by atoms with Crippen LogP contribution in [0.25, 0.3) is 0 Å². The fourth-order valence-electron chi connectivity index (χ4n) is 4.72. The van der Waals surface area contributed by atoms with Gasteiger partial charge in [-0.05, 0) is 30.9 Å². The van der Waals surface area contributed by atoms with Crippen molar-refractivity contribution < 1.29 is 14.2 Å². The van der Waals surface area contributed by atoms with Gasteiger partial charge in [-0.2, -0.15) is 0 Å². The first-order chi connectivity index (χ1) is 10.0. The van der Waals surface area contributed by atoms with Crippen LogP contribution in [0.4, 0.5) is 0 Å². The molecular weight excluding hydrogens is 264 g/mol. The molecular formula is C18H24O3. The van der Waals surface area contributed by atoms with Crippen molar-refractivity contribution in [3.8, 4) is 0 Å². The molecule has 0 saturated carbocycles. The van der Waals surface area contributed by atoms with E-state index in [1.807, 2.05) is 6.92 Å². The second-order valence-corrected chi connectivity index (χ2v) is 6.94. The van der Waals surface area contributed by atoms with Crippen LogP contribution in [0.15, 0.2) is 24.3 Å². The molecule has 3 aliphatic rings. The number of hydrogen-bond acceptors (Lipinski definition) is 3. The molecule has 0 N–H and O–H groups in total. The van der Waals surface area contributed by atoms with Crippen molar-refractivity contribution in [3.63, 3.8) is 0 Å². The lowest BCUT2D eigenvalue weighted by molar-refractivity contribution is -0.231. The van der Waals surface area contributed by atoms with Gasteiger partial charge >= 0.3 is 0 Å². The van der Waals surface area contributed by atoms with Crippen molar-refractivity contribution in [2.75, 3.05) is 6.61 Å². The quantitative estimate of drug-likeness (QED) is 0.851. The van der Waals surface area contributed by atoms with E-state index < -0.39 is 5.79 Å². The molecule has 0 unspecified atom stereocenters. The maximum absolute atomic E-state index is 6.64. The van der Waals surface area contributed by atoms with Crippen LogP contribution < -0.4 is 0 Å². The van der Waals surface area contributed by atoms with E-state index in [0.717, 1.165) is 6.42 Å². The Hall–Kier alpha value is -0.900. The van der Waals surface area contributed by atoms with Crippen LogP contribution in [0.3, 0.4) is 0 Å². The summed E-state index contributed by atoms with van der Waals surface area (Å²) in [5.74, 6) is 0.103. The molecule has 1 aromatic carbocycles. The maximum atomic E-state index is 6.64. The molecule has 1 aromatic rings. The predicted molar refractivity (Wildman–Crippen MR) is 80.1 cm³/mol. The first-order valence-corrected chi connectivity index (χ1v) is 8.13. The molecule has 114 valence electrons. The van der Waals surface area contributed by atoms with E-state index in [2.05, 4.69) is 45.0 Å². The molecule has 0 aromatic heterocycles. The molecule has 3 heteroatoms. The summed E-state index contributed by atoms with van der Waals surface area (Å²) in [6.45, 7) is 9.31. The highest BCUT2D eigenvalue weighted by Gasteiger charge is 2.70. The van der Waals surface area contributed by atoms with E-state index in [4.69, 9.17) is 14.2 Å². The summed E-state index contributed by atoms with van der Waals surface area (Å²) in [5, 5.41) is 0. The average Bonchev–Trinajstić information content (AvgIpc) is 2.86. The van der Waals surface area contributed by atoms with Gasteiger partial charge in [0.1, 0.15) is 11.7 Å². The Kier molecular flexibility index (Phi) is 2.82. The van der Waals surface area contributed by atoms with Crippen LogP contribution in [0, 0.1) is 5.92 Å². The third-order valence-corrected chi connectivity index (χ3v) is 5.59. The Morgan fingerprint density at radius 3 is 2.76 bits per heavy atom. The van der Waals surface area contributed by atoms with Gasteiger partial charge in [-0.25, -0.2) is 0 Å². The highest BCUT2D eigenvalue weighted by molar-refractivity contribution is 5.44. The molecule has 0 radical (unpaired) electrons. The van der Waals surface area contributed by atoms with Crippen LogP contribution in [0.1, 0.15) is 51.2 Å². The lowest BCUT2D eigenvalue weighted by Gasteiger charge is -2.42. The number of ether oxygens (including phenoxy) is 3. The van der Waals surface area contributed by atoms with Crippen LogP contribution in [0.5, 0.6) is 0 Å². The minimum atomic E-state index is -0.567. The Balaban J connectivity index is 1.93. The van der Waals surface area contributed by atoms with Gasteiger partial charge in [-0.15, -0.1) is 0 Å². The summed E-state index contributed by atoms with van der Waals surface area (Å²) >= 11 is 0. The third-order valence-electron chi connectivity index (χ3n) is 5.59. The minimum Gasteiger partial charge on any atom is -0.360 e. The Morgan fingerprint density at radius 1 is 1.29 bits per heavy atom. The van der Waals surface area contributed by atoms with Gasteiger partial charge in [-0.3, -0.25) is 0 Å². The van der Waals surface area contributed by atoms with Gasteiger partial charge in [0.2, 0.25) is 0 Å². The Morgan fingerprint density at radius 2 is 2.05 bits per heavy atom. The second kappa shape index (κ2) is 4.31. The standard InChI is InChI=1S/C18H24O3/c1-5-19-18-10-17(11(2)3)14-9-7-6-8-13(14)15(12(4)20-18)16(18)21-17/h6-9,11-12,15-16H,5,10H2,1-4H3/t12-,15-,16+,17-,18+/m1/s1. The van der Waals surface area contributed by atoms with E-state index in [9.17, 15) is 0 Å². The summed E-state index contributed by atoms with van der Waals surface area (Å²) in [5.41, 5.74) is 2.47. The molecule has 2 fully saturated rings. The van der Waals surface area contributed by atoms with E-state index in [-0.39, 0.29) is 23.7 Å². The molecule has 2 saturated heterocycles. The highest BCUT2D eigenvalue weighted by atomic mass is 16.7. The van der Waals surface area contributed by atoms with Crippen LogP contribution in [-0.4, -0.2) is 24.6 Å². The molecule has 0 amide bonds. The van der Waals surface area contributed by atoms with E-state index in [1.54, 1.807) is 0 Å². The second-order valence-electron chi connectivity index (χ2n) is 6.94. The number of hydrogen-bond donors (Lipinski definition) is 0. The minimum absolute atomic E-state index is 0.0183. The lowest BCUT2D eigenvalue weighted by atomic mass is 9.75. The van der Waals surface area contributed by atoms with Crippen molar-refractivity contribution in [2.24, 2.45) is 5.92 Å². The largest absolute Gasteiger partial charge is 0.360 e. The molecule has 5 atom stereocenters. The SMILES string of the molecule is CCO[C@]12C[C@]3(C(C)C)O[C@H]1[C@@H](c1ccccc13)[C@@H](C)O2. The van der Waals surface area contributed by atoms with E-state index in [1.165, 1.54) is 11.1 Å². The molecule has 0 spiro atoms. The zero-order valence-electron chi connectivity index (χ0n) is 13.3. The fourth-order valence-corrected chi connectivity index (χ4v) is 4.72. The predicted octanol–water partition coefficient (Wildman–Crippen LogP) is 3.58. The van der Waals surface area contributed by atoms with Crippen LogP contribution in [-0.2, 0) is 19.8 Å². The van der Waals surface area contributed by atoms with Gasteiger partial charge in [0.15, 0.2) is 5.79 Å². The molecule has 3 nitrogen and oxygen atoms in total. The summed E-state index contributed by atoms with van der Waals surface area (Å²) < 4.78 is 19.1. The van der Waals surface area contributed by atoms with Crippen LogP contribution >= 0.6 is 0 Å². The van der Waals surface area contributed by atoms with Gasteiger partial charge in [0.25, 0.3) is 0 Å². The van der Waals surface area contributed by atoms with Crippen molar-refractivity contribution in [1.82, 2.24) is 0 Å². The van der Waals surface area contributed by atoms with Crippen molar-refractivity contribution in [1.29, 1.82) is 0 Å². The molecule has 3 heterocycles. The topological polar surface area (TPSA) is 27.7 Å². The summed E-state index contributed by atoms with van der Waals surface area (Å²) in [7, 11) is 0. The number of fused-ring (bicyclic) bond motifs is 4.